The summed E-state index contributed by atoms with van der Waals surface area (Å²) in [6.45, 7) is 6.23. The van der Waals surface area contributed by atoms with Gasteiger partial charge in [0.15, 0.2) is 0 Å². The lowest BCUT2D eigenvalue weighted by Gasteiger charge is -2.02. The van der Waals surface area contributed by atoms with Gasteiger partial charge in [0.05, 0.1) is 5.69 Å². The van der Waals surface area contributed by atoms with Crippen molar-refractivity contribution in [1.29, 1.82) is 0 Å². The average molecular weight is 175 g/mol. The minimum absolute atomic E-state index is 0.409. The Balaban J connectivity index is 2.68. The van der Waals surface area contributed by atoms with Gasteiger partial charge in [-0.2, -0.15) is 5.10 Å². The van der Waals surface area contributed by atoms with Gasteiger partial charge in [0.25, 0.3) is 0 Å². The minimum atomic E-state index is 0.409. The second-order valence-electron chi connectivity index (χ2n) is 3.54. The van der Waals surface area contributed by atoms with E-state index in [9.17, 15) is 0 Å². The summed E-state index contributed by atoms with van der Waals surface area (Å²) < 4.78 is 1.97. The third kappa shape index (κ3) is 1.30. The van der Waals surface area contributed by atoms with Gasteiger partial charge in [-0.25, -0.2) is 0 Å². The number of hydrogen-bond donors (Lipinski definition) is 0. The summed E-state index contributed by atoms with van der Waals surface area (Å²) in [7, 11) is 0. The molecule has 0 saturated heterocycles. The molecule has 3 nitrogen and oxygen atoms in total. The SMILES string of the molecule is Cc1nccc2cn(C(C)C)nc12. The number of hydrogen-bond acceptors (Lipinski definition) is 2. The molecule has 2 rings (SSSR count). The monoisotopic (exact) mass is 175 g/mol. The summed E-state index contributed by atoms with van der Waals surface area (Å²) in [6.07, 6.45) is 3.89. The highest BCUT2D eigenvalue weighted by Crippen LogP contribution is 2.16. The Morgan fingerprint density at radius 3 is 2.77 bits per heavy atom. The van der Waals surface area contributed by atoms with Gasteiger partial charge in [-0.05, 0) is 26.8 Å². The first-order chi connectivity index (χ1) is 6.18. The molecule has 0 unspecified atom stereocenters. The third-order valence-corrected chi connectivity index (χ3v) is 2.15. The highest BCUT2D eigenvalue weighted by Gasteiger charge is 2.05. The molecule has 2 heterocycles. The van der Waals surface area contributed by atoms with Gasteiger partial charge in [-0.3, -0.25) is 9.67 Å². The van der Waals surface area contributed by atoms with Crippen LogP contribution in [0.4, 0.5) is 0 Å². The number of aryl methyl sites for hydroxylation is 1. The van der Waals surface area contributed by atoms with Gasteiger partial charge in [0.1, 0.15) is 5.52 Å². The van der Waals surface area contributed by atoms with Gasteiger partial charge in [0.2, 0.25) is 0 Å². The fourth-order valence-corrected chi connectivity index (χ4v) is 1.36. The Bertz CT molecular complexity index is 429. The maximum Gasteiger partial charge on any atom is 0.113 e. The van der Waals surface area contributed by atoms with E-state index in [0.717, 1.165) is 11.2 Å². The van der Waals surface area contributed by atoms with Gasteiger partial charge in [-0.1, -0.05) is 0 Å². The highest BCUT2D eigenvalue weighted by atomic mass is 15.3. The standard InChI is InChI=1S/C10H13N3/c1-7(2)13-6-9-4-5-11-8(3)10(9)12-13/h4-7H,1-3H3. The largest absolute Gasteiger partial charge is 0.269 e. The maximum atomic E-state index is 4.47. The number of nitrogens with zero attached hydrogens (tertiary/aromatic N) is 3. The number of rotatable bonds is 1. The van der Waals surface area contributed by atoms with E-state index in [1.807, 2.05) is 23.9 Å². The molecule has 2 aromatic heterocycles. The molecule has 0 spiro atoms. The number of pyridine rings is 1. The molecule has 68 valence electrons. The van der Waals surface area contributed by atoms with E-state index >= 15 is 0 Å². The molecule has 0 aromatic carbocycles. The lowest BCUT2D eigenvalue weighted by atomic mass is 10.3. The lowest BCUT2D eigenvalue weighted by Crippen LogP contribution is -2.00. The highest BCUT2D eigenvalue weighted by molar-refractivity contribution is 5.79. The van der Waals surface area contributed by atoms with E-state index in [1.165, 1.54) is 5.39 Å². The van der Waals surface area contributed by atoms with E-state index in [-0.39, 0.29) is 0 Å². The molecular formula is C10H13N3. The zero-order chi connectivity index (χ0) is 9.42. The minimum Gasteiger partial charge on any atom is -0.269 e. The van der Waals surface area contributed by atoms with Crippen molar-refractivity contribution < 1.29 is 0 Å². The summed E-state index contributed by atoms with van der Waals surface area (Å²) in [6, 6.07) is 2.40. The summed E-state index contributed by atoms with van der Waals surface area (Å²) in [4.78, 5) is 4.20. The van der Waals surface area contributed by atoms with Crippen LogP contribution in [0.2, 0.25) is 0 Å². The van der Waals surface area contributed by atoms with Crippen LogP contribution in [0.3, 0.4) is 0 Å². The van der Waals surface area contributed by atoms with Crippen LogP contribution in [0.5, 0.6) is 0 Å². The quantitative estimate of drug-likeness (QED) is 0.666. The molecule has 0 aliphatic carbocycles. The van der Waals surface area contributed by atoms with Crippen molar-refractivity contribution in [2.75, 3.05) is 0 Å². The number of fused-ring (bicyclic) bond motifs is 1. The molecule has 0 N–H and O–H groups in total. The lowest BCUT2D eigenvalue weighted by molar-refractivity contribution is 0.537. The van der Waals surface area contributed by atoms with E-state index in [0.29, 0.717) is 6.04 Å². The predicted molar refractivity (Wildman–Crippen MR) is 52.7 cm³/mol. The predicted octanol–water partition coefficient (Wildman–Crippen LogP) is 2.32. The van der Waals surface area contributed by atoms with Gasteiger partial charge in [-0.15, -0.1) is 0 Å². The third-order valence-electron chi connectivity index (χ3n) is 2.15. The van der Waals surface area contributed by atoms with Crippen LogP contribution in [0.1, 0.15) is 25.6 Å². The van der Waals surface area contributed by atoms with Crippen LogP contribution < -0.4 is 0 Å². The van der Waals surface area contributed by atoms with Crippen molar-refractivity contribution in [3.05, 3.63) is 24.2 Å². The van der Waals surface area contributed by atoms with Crippen LogP contribution in [-0.4, -0.2) is 14.8 Å². The molecule has 13 heavy (non-hydrogen) atoms. The molecule has 0 aliphatic heterocycles. The Hall–Kier alpha value is -1.38. The first-order valence-corrected chi connectivity index (χ1v) is 4.49. The van der Waals surface area contributed by atoms with Crippen molar-refractivity contribution in [2.24, 2.45) is 0 Å². The fourth-order valence-electron chi connectivity index (χ4n) is 1.36. The van der Waals surface area contributed by atoms with Crippen LogP contribution >= 0.6 is 0 Å². The molecule has 2 aromatic rings. The average Bonchev–Trinajstić information content (AvgIpc) is 2.49. The fraction of sp³-hybridized carbons (Fsp3) is 0.400. The van der Waals surface area contributed by atoms with Crippen LogP contribution in [0, 0.1) is 6.92 Å². The molecule has 0 aliphatic rings. The van der Waals surface area contributed by atoms with Crippen LogP contribution in [-0.2, 0) is 0 Å². The Morgan fingerprint density at radius 2 is 2.15 bits per heavy atom. The van der Waals surface area contributed by atoms with Crippen molar-refractivity contribution in [3.8, 4) is 0 Å². The molecule has 0 amide bonds. The van der Waals surface area contributed by atoms with Gasteiger partial charge < -0.3 is 0 Å². The summed E-state index contributed by atoms with van der Waals surface area (Å²) in [5.41, 5.74) is 2.01. The second kappa shape index (κ2) is 2.83. The Kier molecular flexibility index (Phi) is 1.79. The number of aromatic nitrogens is 3. The van der Waals surface area contributed by atoms with Crippen molar-refractivity contribution in [2.45, 2.75) is 26.8 Å². The van der Waals surface area contributed by atoms with Crippen LogP contribution in [0.25, 0.3) is 10.9 Å². The van der Waals surface area contributed by atoms with Crippen molar-refractivity contribution >= 4 is 10.9 Å². The first kappa shape index (κ1) is 8.23. The molecule has 0 saturated carbocycles. The molecule has 0 fully saturated rings. The molecule has 0 radical (unpaired) electrons. The molecule has 0 bridgehead atoms. The summed E-state index contributed by atoms with van der Waals surface area (Å²) in [5, 5.41) is 5.63. The van der Waals surface area contributed by atoms with E-state index < -0.39 is 0 Å². The Labute approximate surface area is 77.4 Å². The molecule has 3 heteroatoms. The molecular weight excluding hydrogens is 162 g/mol. The zero-order valence-corrected chi connectivity index (χ0v) is 8.15. The van der Waals surface area contributed by atoms with E-state index in [1.54, 1.807) is 0 Å². The zero-order valence-electron chi connectivity index (χ0n) is 8.15. The smallest absolute Gasteiger partial charge is 0.113 e. The van der Waals surface area contributed by atoms with Gasteiger partial charge >= 0.3 is 0 Å². The Morgan fingerprint density at radius 1 is 1.38 bits per heavy atom. The summed E-state index contributed by atoms with van der Waals surface area (Å²) >= 11 is 0. The summed E-state index contributed by atoms with van der Waals surface area (Å²) in [5.74, 6) is 0. The van der Waals surface area contributed by atoms with Crippen molar-refractivity contribution in [1.82, 2.24) is 14.8 Å². The molecule has 0 atom stereocenters. The normalized spacial score (nSPS) is 11.4. The van der Waals surface area contributed by atoms with Crippen LogP contribution in [0.15, 0.2) is 18.5 Å². The van der Waals surface area contributed by atoms with Gasteiger partial charge in [0, 0.05) is 23.8 Å². The van der Waals surface area contributed by atoms with E-state index in [2.05, 4.69) is 30.1 Å². The first-order valence-electron chi connectivity index (χ1n) is 4.49. The van der Waals surface area contributed by atoms with E-state index in [4.69, 9.17) is 0 Å². The topological polar surface area (TPSA) is 30.7 Å². The second-order valence-corrected chi connectivity index (χ2v) is 3.54. The van der Waals surface area contributed by atoms with Crippen molar-refractivity contribution in [3.63, 3.8) is 0 Å². The maximum absolute atomic E-state index is 4.47.